The van der Waals surface area contributed by atoms with Gasteiger partial charge in [-0.25, -0.2) is 0 Å². The van der Waals surface area contributed by atoms with Crippen molar-refractivity contribution < 1.29 is 9.59 Å². The van der Waals surface area contributed by atoms with E-state index < -0.39 is 6.04 Å². The van der Waals surface area contributed by atoms with Crippen molar-refractivity contribution in [3.63, 3.8) is 0 Å². The monoisotopic (exact) mass is 472 g/mol. The SMILES string of the molecule is CCC(C(=O)NC1CCCC1)N(Cc1ccccc1Cl)C(=O)CSCc1cccc(C)c1. The van der Waals surface area contributed by atoms with E-state index in [-0.39, 0.29) is 17.9 Å². The molecule has 0 radical (unpaired) electrons. The number of carbonyl (C=O) groups excluding carboxylic acids is 2. The Labute approximate surface area is 201 Å². The molecule has 1 aliphatic carbocycles. The summed E-state index contributed by atoms with van der Waals surface area (Å²) in [6.07, 6.45) is 4.91. The molecule has 2 aromatic rings. The van der Waals surface area contributed by atoms with E-state index in [1.165, 1.54) is 11.1 Å². The molecule has 6 heteroatoms. The Morgan fingerprint density at radius 1 is 1.16 bits per heavy atom. The maximum atomic E-state index is 13.3. The molecule has 4 nitrogen and oxygen atoms in total. The molecule has 1 saturated carbocycles. The molecule has 0 saturated heterocycles. The first-order valence-corrected chi connectivity index (χ1v) is 13.0. The van der Waals surface area contributed by atoms with Gasteiger partial charge in [0.2, 0.25) is 11.8 Å². The number of hydrogen-bond acceptors (Lipinski definition) is 3. The van der Waals surface area contributed by atoms with Gasteiger partial charge in [0.15, 0.2) is 0 Å². The molecule has 0 heterocycles. The molecule has 2 amide bonds. The van der Waals surface area contributed by atoms with Crippen LogP contribution < -0.4 is 5.32 Å². The van der Waals surface area contributed by atoms with Crippen LogP contribution in [0, 0.1) is 6.92 Å². The maximum absolute atomic E-state index is 13.3. The predicted octanol–water partition coefficient (Wildman–Crippen LogP) is 5.75. The molecule has 1 aliphatic rings. The third kappa shape index (κ3) is 7.01. The lowest BCUT2D eigenvalue weighted by Gasteiger charge is -2.31. The van der Waals surface area contributed by atoms with Crippen LogP contribution in [-0.4, -0.2) is 34.6 Å². The largest absolute Gasteiger partial charge is 0.352 e. The van der Waals surface area contributed by atoms with Gasteiger partial charge < -0.3 is 10.2 Å². The molecule has 0 spiro atoms. The summed E-state index contributed by atoms with van der Waals surface area (Å²) in [5.74, 6) is 1.00. The quantitative estimate of drug-likeness (QED) is 0.479. The molecule has 1 unspecified atom stereocenters. The summed E-state index contributed by atoms with van der Waals surface area (Å²) in [5, 5.41) is 3.80. The third-order valence-electron chi connectivity index (χ3n) is 5.96. The van der Waals surface area contributed by atoms with Crippen molar-refractivity contribution in [3.05, 3.63) is 70.2 Å². The van der Waals surface area contributed by atoms with E-state index in [0.29, 0.717) is 23.7 Å². The molecule has 172 valence electrons. The number of hydrogen-bond donors (Lipinski definition) is 1. The van der Waals surface area contributed by atoms with Crippen molar-refractivity contribution in [2.24, 2.45) is 0 Å². The zero-order chi connectivity index (χ0) is 22.9. The normalized spacial score (nSPS) is 14.8. The van der Waals surface area contributed by atoms with Gasteiger partial charge in [-0.05, 0) is 43.4 Å². The Morgan fingerprint density at radius 3 is 2.59 bits per heavy atom. The van der Waals surface area contributed by atoms with Crippen LogP contribution in [0.1, 0.15) is 55.7 Å². The molecule has 2 aromatic carbocycles. The lowest BCUT2D eigenvalue weighted by atomic mass is 10.1. The lowest BCUT2D eigenvalue weighted by molar-refractivity contribution is -0.139. The van der Waals surface area contributed by atoms with Gasteiger partial charge in [0.25, 0.3) is 0 Å². The molecular weight excluding hydrogens is 440 g/mol. The van der Waals surface area contributed by atoms with E-state index in [0.717, 1.165) is 37.0 Å². The fourth-order valence-corrected chi connectivity index (χ4v) is 5.29. The number of carbonyl (C=O) groups is 2. The van der Waals surface area contributed by atoms with Crippen LogP contribution >= 0.6 is 23.4 Å². The second-order valence-corrected chi connectivity index (χ2v) is 9.90. The van der Waals surface area contributed by atoms with Gasteiger partial charge in [0.1, 0.15) is 6.04 Å². The van der Waals surface area contributed by atoms with E-state index >= 15 is 0 Å². The molecule has 3 rings (SSSR count). The topological polar surface area (TPSA) is 49.4 Å². The zero-order valence-electron chi connectivity index (χ0n) is 19.0. The fourth-order valence-electron chi connectivity index (χ4n) is 4.24. The lowest BCUT2D eigenvalue weighted by Crippen LogP contribution is -2.51. The van der Waals surface area contributed by atoms with Gasteiger partial charge in [0, 0.05) is 23.4 Å². The molecular formula is C26H33ClN2O2S. The first-order valence-electron chi connectivity index (χ1n) is 11.4. The fraction of sp³-hybridized carbons (Fsp3) is 0.462. The first kappa shape index (κ1) is 24.7. The van der Waals surface area contributed by atoms with Crippen molar-refractivity contribution in [2.45, 2.75) is 70.3 Å². The second kappa shape index (κ2) is 12.3. The zero-order valence-corrected chi connectivity index (χ0v) is 20.6. The highest BCUT2D eigenvalue weighted by Crippen LogP contribution is 2.23. The van der Waals surface area contributed by atoms with Crippen LogP contribution in [0.15, 0.2) is 48.5 Å². The maximum Gasteiger partial charge on any atom is 0.243 e. The Morgan fingerprint density at radius 2 is 1.91 bits per heavy atom. The summed E-state index contributed by atoms with van der Waals surface area (Å²) < 4.78 is 0. The molecule has 32 heavy (non-hydrogen) atoms. The van der Waals surface area contributed by atoms with Crippen molar-refractivity contribution >= 4 is 35.2 Å². The Kier molecular flexibility index (Phi) is 9.49. The Balaban J connectivity index is 1.71. The van der Waals surface area contributed by atoms with Gasteiger partial charge in [-0.15, -0.1) is 11.8 Å². The van der Waals surface area contributed by atoms with Crippen molar-refractivity contribution in [1.29, 1.82) is 0 Å². The standard InChI is InChI=1S/C26H33ClN2O2S/c1-3-24(26(31)28-22-12-5-6-13-22)29(16-21-11-4-7-14-23(21)27)25(30)18-32-17-20-10-8-9-19(2)15-20/h4,7-11,14-15,22,24H,3,5-6,12-13,16-18H2,1-2H3,(H,28,31). The number of rotatable bonds is 10. The molecule has 1 atom stereocenters. The number of amides is 2. The summed E-state index contributed by atoms with van der Waals surface area (Å²) in [7, 11) is 0. The number of benzene rings is 2. The highest BCUT2D eigenvalue weighted by atomic mass is 35.5. The summed E-state index contributed by atoms with van der Waals surface area (Å²) in [6.45, 7) is 4.37. The van der Waals surface area contributed by atoms with Crippen LogP contribution in [0.5, 0.6) is 0 Å². The molecule has 0 aliphatic heterocycles. The summed E-state index contributed by atoms with van der Waals surface area (Å²) in [4.78, 5) is 28.2. The summed E-state index contributed by atoms with van der Waals surface area (Å²) >= 11 is 7.98. The van der Waals surface area contributed by atoms with Gasteiger partial charge in [0.05, 0.1) is 5.75 Å². The van der Waals surface area contributed by atoms with Gasteiger partial charge in [-0.1, -0.05) is 79.4 Å². The first-order chi connectivity index (χ1) is 15.5. The number of nitrogens with zero attached hydrogens (tertiary/aromatic N) is 1. The van der Waals surface area contributed by atoms with Crippen molar-refractivity contribution in [2.75, 3.05) is 5.75 Å². The summed E-state index contributed by atoms with van der Waals surface area (Å²) in [5.41, 5.74) is 3.27. The Bertz CT molecular complexity index is 914. The van der Waals surface area contributed by atoms with Crippen LogP contribution in [0.25, 0.3) is 0 Å². The number of halogens is 1. The highest BCUT2D eigenvalue weighted by Gasteiger charge is 2.30. The van der Waals surface area contributed by atoms with Gasteiger partial charge in [-0.3, -0.25) is 9.59 Å². The predicted molar refractivity (Wildman–Crippen MR) is 134 cm³/mol. The Hall–Kier alpha value is -1.98. The number of thioether (sulfide) groups is 1. The highest BCUT2D eigenvalue weighted by molar-refractivity contribution is 7.99. The van der Waals surface area contributed by atoms with Gasteiger partial charge >= 0.3 is 0 Å². The number of nitrogens with one attached hydrogen (secondary N) is 1. The van der Waals surface area contributed by atoms with E-state index in [2.05, 4.69) is 30.4 Å². The average Bonchev–Trinajstić information content (AvgIpc) is 3.28. The molecule has 0 aromatic heterocycles. The molecule has 1 fully saturated rings. The van der Waals surface area contributed by atoms with Gasteiger partial charge in [-0.2, -0.15) is 0 Å². The van der Waals surface area contributed by atoms with E-state index in [4.69, 9.17) is 11.6 Å². The van der Waals surface area contributed by atoms with Crippen molar-refractivity contribution in [1.82, 2.24) is 10.2 Å². The molecule has 0 bridgehead atoms. The molecule has 1 N–H and O–H groups in total. The minimum Gasteiger partial charge on any atom is -0.352 e. The van der Waals surface area contributed by atoms with Crippen LogP contribution in [-0.2, 0) is 21.9 Å². The summed E-state index contributed by atoms with van der Waals surface area (Å²) in [6, 6.07) is 15.6. The second-order valence-electron chi connectivity index (χ2n) is 8.51. The van der Waals surface area contributed by atoms with Crippen LogP contribution in [0.3, 0.4) is 0 Å². The average molecular weight is 473 g/mol. The van der Waals surface area contributed by atoms with Crippen LogP contribution in [0.4, 0.5) is 0 Å². The van der Waals surface area contributed by atoms with Crippen molar-refractivity contribution in [3.8, 4) is 0 Å². The third-order valence-corrected chi connectivity index (χ3v) is 7.32. The minimum absolute atomic E-state index is 0.0315. The van der Waals surface area contributed by atoms with E-state index in [1.807, 2.05) is 37.3 Å². The van der Waals surface area contributed by atoms with E-state index in [1.54, 1.807) is 16.7 Å². The number of aryl methyl sites for hydroxylation is 1. The smallest absolute Gasteiger partial charge is 0.243 e. The van der Waals surface area contributed by atoms with Crippen LogP contribution in [0.2, 0.25) is 5.02 Å². The van der Waals surface area contributed by atoms with E-state index in [9.17, 15) is 9.59 Å². The minimum atomic E-state index is -0.501.